The van der Waals surface area contributed by atoms with E-state index >= 15 is 0 Å². The van der Waals surface area contributed by atoms with Crippen molar-refractivity contribution in [3.05, 3.63) is 84.2 Å². The number of fused-ring (bicyclic) bond motifs is 1. The maximum Gasteiger partial charge on any atom is 0.238 e. The van der Waals surface area contributed by atoms with E-state index in [1.165, 1.54) is 0 Å². The first-order valence-electron chi connectivity index (χ1n) is 6.84. The van der Waals surface area contributed by atoms with Crippen LogP contribution in [0.5, 0.6) is 0 Å². The van der Waals surface area contributed by atoms with Crippen LogP contribution in [0.2, 0.25) is 0 Å². The van der Waals surface area contributed by atoms with E-state index in [2.05, 4.69) is 43.0 Å². The number of primary sulfonamides is 1. The van der Waals surface area contributed by atoms with Crippen molar-refractivity contribution in [2.45, 2.75) is 6.92 Å². The third-order valence-electron chi connectivity index (χ3n) is 3.63. The zero-order valence-electron chi connectivity index (χ0n) is 13.4. The van der Waals surface area contributed by atoms with E-state index in [1.54, 1.807) is 16.9 Å². The number of nitrogens with zero attached hydrogens (tertiary/aromatic N) is 3. The van der Waals surface area contributed by atoms with Crippen LogP contribution < -0.4 is 5.14 Å². The Balaban J connectivity index is 2.36. The van der Waals surface area contributed by atoms with Crippen molar-refractivity contribution in [3.63, 3.8) is 0 Å². The zero-order chi connectivity index (χ0) is 18.2. The number of sulfonamides is 1. The van der Waals surface area contributed by atoms with Gasteiger partial charge in [-0.15, -0.1) is 0 Å². The van der Waals surface area contributed by atoms with Gasteiger partial charge in [0.2, 0.25) is 10.0 Å². The standard InChI is InChI=1S/C17H18N4O2S/c1-10-9-16-19-7-8-21(16)20-17(10)14(5)12(3)11(2)13(4)15(6)24(18,22)23/h7-9H,2-6H2,1H3,(H2,18,22,23). The van der Waals surface area contributed by atoms with E-state index in [0.29, 0.717) is 22.5 Å². The molecule has 0 aliphatic rings. The molecule has 2 rings (SSSR count). The summed E-state index contributed by atoms with van der Waals surface area (Å²) in [7, 11) is -3.95. The van der Waals surface area contributed by atoms with Gasteiger partial charge >= 0.3 is 0 Å². The predicted molar refractivity (Wildman–Crippen MR) is 96.4 cm³/mol. The highest BCUT2D eigenvalue weighted by Crippen LogP contribution is 2.31. The molecule has 2 heterocycles. The molecular weight excluding hydrogens is 324 g/mol. The second kappa shape index (κ2) is 6.03. The molecule has 0 aromatic carbocycles. The maximum absolute atomic E-state index is 11.4. The molecule has 0 amide bonds. The summed E-state index contributed by atoms with van der Waals surface area (Å²) in [5.41, 5.74) is 3.43. The Hall–Kier alpha value is -2.77. The molecule has 0 bridgehead atoms. The van der Waals surface area contributed by atoms with E-state index in [9.17, 15) is 8.42 Å². The molecule has 7 heteroatoms. The van der Waals surface area contributed by atoms with Gasteiger partial charge in [-0.3, -0.25) is 0 Å². The van der Waals surface area contributed by atoms with Crippen LogP contribution in [0.1, 0.15) is 11.3 Å². The lowest BCUT2D eigenvalue weighted by Crippen LogP contribution is -2.16. The summed E-state index contributed by atoms with van der Waals surface area (Å²) in [6, 6.07) is 1.86. The minimum absolute atomic E-state index is 0.0880. The van der Waals surface area contributed by atoms with Crippen LogP contribution in [0, 0.1) is 6.92 Å². The van der Waals surface area contributed by atoms with Crippen molar-refractivity contribution < 1.29 is 8.42 Å². The quantitative estimate of drug-likeness (QED) is 0.817. The number of aromatic nitrogens is 3. The lowest BCUT2D eigenvalue weighted by molar-refractivity contribution is 0.604. The van der Waals surface area contributed by atoms with Crippen LogP contribution in [0.3, 0.4) is 0 Å². The van der Waals surface area contributed by atoms with Crippen LogP contribution >= 0.6 is 0 Å². The van der Waals surface area contributed by atoms with E-state index < -0.39 is 10.0 Å². The van der Waals surface area contributed by atoms with Gasteiger partial charge in [0, 0.05) is 18.0 Å². The van der Waals surface area contributed by atoms with E-state index in [0.717, 1.165) is 5.56 Å². The van der Waals surface area contributed by atoms with Gasteiger partial charge in [-0.25, -0.2) is 23.1 Å². The smallest absolute Gasteiger partial charge is 0.236 e. The molecule has 2 aromatic heterocycles. The molecule has 0 aliphatic heterocycles. The van der Waals surface area contributed by atoms with Crippen molar-refractivity contribution in [1.29, 1.82) is 0 Å². The molecule has 0 fully saturated rings. The van der Waals surface area contributed by atoms with Crippen molar-refractivity contribution >= 4 is 21.2 Å². The monoisotopic (exact) mass is 342 g/mol. The Labute approximate surface area is 141 Å². The minimum atomic E-state index is -3.95. The maximum atomic E-state index is 11.4. The van der Waals surface area contributed by atoms with Gasteiger partial charge in [-0.05, 0) is 35.3 Å². The Morgan fingerprint density at radius 2 is 1.75 bits per heavy atom. The summed E-state index contributed by atoms with van der Waals surface area (Å²) in [5, 5.41) is 9.52. The molecule has 6 nitrogen and oxygen atoms in total. The fourth-order valence-electron chi connectivity index (χ4n) is 2.09. The highest BCUT2D eigenvalue weighted by Gasteiger charge is 2.20. The third-order valence-corrected chi connectivity index (χ3v) is 4.57. The molecule has 0 saturated carbocycles. The first kappa shape index (κ1) is 17.6. The van der Waals surface area contributed by atoms with Crippen molar-refractivity contribution in [1.82, 2.24) is 14.6 Å². The van der Waals surface area contributed by atoms with E-state index in [-0.39, 0.29) is 16.1 Å². The molecule has 0 saturated heterocycles. The average molecular weight is 342 g/mol. The third kappa shape index (κ3) is 3.12. The number of imidazole rings is 1. The van der Waals surface area contributed by atoms with Crippen LogP contribution in [0.25, 0.3) is 11.2 Å². The predicted octanol–water partition coefficient (Wildman–Crippen LogP) is 2.52. The summed E-state index contributed by atoms with van der Waals surface area (Å²) in [4.78, 5) is 3.85. The Morgan fingerprint density at radius 1 is 1.12 bits per heavy atom. The second-order valence-electron chi connectivity index (χ2n) is 5.29. The average Bonchev–Trinajstić information content (AvgIpc) is 2.96. The normalized spacial score (nSPS) is 11.2. The SMILES string of the molecule is C=C(C(=C)C(=C)c1nn2ccnc2cc1C)C(=C)C(=C)S(N)(=O)=O. The van der Waals surface area contributed by atoms with Crippen LogP contribution in [-0.4, -0.2) is 23.0 Å². The molecule has 0 atom stereocenters. The lowest BCUT2D eigenvalue weighted by Gasteiger charge is -2.16. The van der Waals surface area contributed by atoms with Gasteiger partial charge in [0.25, 0.3) is 0 Å². The first-order valence-corrected chi connectivity index (χ1v) is 8.39. The second-order valence-corrected chi connectivity index (χ2v) is 6.87. The summed E-state index contributed by atoms with van der Waals surface area (Å²) < 4.78 is 24.4. The molecule has 2 aromatic rings. The number of nitrogens with two attached hydrogens (primary N) is 1. The van der Waals surface area contributed by atoms with Crippen molar-refractivity contribution in [2.24, 2.45) is 5.14 Å². The van der Waals surface area contributed by atoms with Gasteiger partial charge < -0.3 is 0 Å². The molecule has 0 unspecified atom stereocenters. The summed E-state index contributed by atoms with van der Waals surface area (Å²) >= 11 is 0. The van der Waals surface area contributed by atoms with Gasteiger partial charge in [0.05, 0.1) is 10.6 Å². The van der Waals surface area contributed by atoms with Crippen molar-refractivity contribution in [2.75, 3.05) is 0 Å². The molecular formula is C17H18N4O2S. The summed E-state index contributed by atoms with van der Waals surface area (Å²) in [6.07, 6.45) is 3.35. The number of rotatable bonds is 6. The Morgan fingerprint density at radius 3 is 2.33 bits per heavy atom. The lowest BCUT2D eigenvalue weighted by atomic mass is 9.93. The van der Waals surface area contributed by atoms with Crippen LogP contribution in [0.4, 0.5) is 0 Å². The largest absolute Gasteiger partial charge is 0.238 e. The van der Waals surface area contributed by atoms with Crippen LogP contribution in [0.15, 0.2) is 73.0 Å². The minimum Gasteiger partial charge on any atom is -0.236 e. The summed E-state index contributed by atoms with van der Waals surface area (Å²) in [6.45, 7) is 20.7. The molecule has 0 aliphatic carbocycles. The van der Waals surface area contributed by atoms with E-state index in [4.69, 9.17) is 5.14 Å². The van der Waals surface area contributed by atoms with Gasteiger partial charge in [0.1, 0.15) is 0 Å². The zero-order valence-corrected chi connectivity index (χ0v) is 14.2. The fraction of sp³-hybridized carbons (Fsp3) is 0.0588. The Bertz CT molecular complexity index is 1030. The number of aryl methyl sites for hydroxylation is 1. The first-order chi connectivity index (χ1) is 11.0. The molecule has 2 N–H and O–H groups in total. The van der Waals surface area contributed by atoms with Crippen LogP contribution in [-0.2, 0) is 10.0 Å². The highest BCUT2D eigenvalue weighted by molar-refractivity contribution is 7.93. The number of hydrogen-bond acceptors (Lipinski definition) is 4. The van der Waals surface area contributed by atoms with E-state index in [1.807, 2.05) is 13.0 Å². The van der Waals surface area contributed by atoms with Gasteiger partial charge in [-0.1, -0.05) is 32.9 Å². The van der Waals surface area contributed by atoms with Gasteiger partial charge in [0.15, 0.2) is 5.65 Å². The van der Waals surface area contributed by atoms with Gasteiger partial charge in [-0.2, -0.15) is 5.10 Å². The summed E-state index contributed by atoms with van der Waals surface area (Å²) in [5.74, 6) is 0. The number of hydrogen-bond donors (Lipinski definition) is 1. The number of allylic oxidation sites excluding steroid dienone is 4. The fourth-order valence-corrected chi connectivity index (χ4v) is 2.56. The topological polar surface area (TPSA) is 90.3 Å². The van der Waals surface area contributed by atoms with Crippen molar-refractivity contribution in [3.8, 4) is 0 Å². The molecule has 124 valence electrons. The Kier molecular flexibility index (Phi) is 4.42. The highest BCUT2D eigenvalue weighted by atomic mass is 32.2. The molecule has 0 spiro atoms. The molecule has 24 heavy (non-hydrogen) atoms. The molecule has 0 radical (unpaired) electrons.